The fourth-order valence-electron chi connectivity index (χ4n) is 3.37. The number of rotatable bonds is 6. The number of carbonyl (C=O) groups is 2. The Kier molecular flexibility index (Phi) is 6.53. The van der Waals surface area contributed by atoms with E-state index in [2.05, 4.69) is 5.32 Å². The first kappa shape index (κ1) is 19.7. The van der Waals surface area contributed by atoms with Gasteiger partial charge in [-0.1, -0.05) is 18.2 Å². The Labute approximate surface area is 165 Å². The summed E-state index contributed by atoms with van der Waals surface area (Å²) in [5.41, 5.74) is 10.0. The van der Waals surface area contributed by atoms with Gasteiger partial charge in [-0.2, -0.15) is 0 Å². The van der Waals surface area contributed by atoms with Gasteiger partial charge in [0.05, 0.1) is 30.5 Å². The van der Waals surface area contributed by atoms with Crippen LogP contribution in [0.3, 0.4) is 0 Å². The molecule has 0 unspecified atom stereocenters. The van der Waals surface area contributed by atoms with Crippen molar-refractivity contribution in [2.45, 2.75) is 32.2 Å². The summed E-state index contributed by atoms with van der Waals surface area (Å²) in [6.07, 6.45) is 3.78. The van der Waals surface area contributed by atoms with Crippen LogP contribution in [0.25, 0.3) is 0 Å². The van der Waals surface area contributed by atoms with Crippen LogP contribution in [-0.4, -0.2) is 37.0 Å². The monoisotopic (exact) mass is 381 g/mol. The zero-order valence-electron chi connectivity index (χ0n) is 16.2. The molecule has 1 saturated heterocycles. The molecule has 6 heteroatoms. The molecule has 1 fully saturated rings. The third kappa shape index (κ3) is 5.03. The number of nitrogen functional groups attached to an aromatic ring is 1. The number of hydrogen-bond donors (Lipinski definition) is 2. The zero-order chi connectivity index (χ0) is 19.9. The van der Waals surface area contributed by atoms with Crippen molar-refractivity contribution in [3.8, 4) is 0 Å². The van der Waals surface area contributed by atoms with Crippen molar-refractivity contribution in [3.63, 3.8) is 0 Å². The van der Waals surface area contributed by atoms with Gasteiger partial charge in [-0.05, 0) is 54.7 Å². The van der Waals surface area contributed by atoms with Crippen LogP contribution in [0, 0.1) is 0 Å². The van der Waals surface area contributed by atoms with Gasteiger partial charge in [0.2, 0.25) is 5.91 Å². The highest BCUT2D eigenvalue weighted by molar-refractivity contribution is 5.89. The summed E-state index contributed by atoms with van der Waals surface area (Å²) >= 11 is 0. The largest absolute Gasteiger partial charge is 0.465 e. The Balaban J connectivity index is 1.61. The maximum Gasteiger partial charge on any atom is 0.337 e. The van der Waals surface area contributed by atoms with Crippen LogP contribution in [0.5, 0.6) is 0 Å². The summed E-state index contributed by atoms with van der Waals surface area (Å²) in [4.78, 5) is 25.9. The quantitative estimate of drug-likeness (QED) is 0.593. The van der Waals surface area contributed by atoms with Crippen LogP contribution in [0.4, 0.5) is 11.4 Å². The second-order valence-electron chi connectivity index (χ2n) is 7.08. The van der Waals surface area contributed by atoms with Crippen molar-refractivity contribution in [2.24, 2.45) is 0 Å². The van der Waals surface area contributed by atoms with E-state index in [9.17, 15) is 9.59 Å². The maximum absolute atomic E-state index is 12.5. The van der Waals surface area contributed by atoms with Gasteiger partial charge < -0.3 is 20.7 Å². The predicted molar refractivity (Wildman–Crippen MR) is 110 cm³/mol. The first-order valence-corrected chi connectivity index (χ1v) is 9.64. The van der Waals surface area contributed by atoms with E-state index in [1.54, 1.807) is 12.1 Å². The minimum absolute atomic E-state index is 0.175. The Hall–Kier alpha value is -3.02. The lowest BCUT2D eigenvalue weighted by Gasteiger charge is -2.26. The van der Waals surface area contributed by atoms with Gasteiger partial charge in [0.25, 0.3) is 0 Å². The normalized spacial score (nSPS) is 13.8. The van der Waals surface area contributed by atoms with E-state index in [0.717, 1.165) is 42.7 Å². The Morgan fingerprint density at radius 1 is 1.04 bits per heavy atom. The minimum Gasteiger partial charge on any atom is -0.465 e. The smallest absolute Gasteiger partial charge is 0.337 e. The van der Waals surface area contributed by atoms with Crippen molar-refractivity contribution >= 4 is 23.3 Å². The minimum atomic E-state index is -0.352. The molecule has 1 amide bonds. The van der Waals surface area contributed by atoms with Crippen molar-refractivity contribution in [3.05, 3.63) is 59.2 Å². The van der Waals surface area contributed by atoms with Gasteiger partial charge in [0.1, 0.15) is 0 Å². The topological polar surface area (TPSA) is 84.7 Å². The number of ether oxygens (including phenoxy) is 1. The van der Waals surface area contributed by atoms with E-state index in [1.165, 1.54) is 13.5 Å². The second kappa shape index (κ2) is 9.26. The van der Waals surface area contributed by atoms with Gasteiger partial charge in [-0.3, -0.25) is 4.79 Å². The second-order valence-corrected chi connectivity index (χ2v) is 7.08. The number of nitrogens with one attached hydrogen (secondary N) is 1. The molecule has 0 aliphatic carbocycles. The molecule has 2 aromatic carbocycles. The molecule has 0 radical (unpaired) electrons. The lowest BCUT2D eigenvalue weighted by atomic mass is 10.1. The lowest BCUT2D eigenvalue weighted by molar-refractivity contribution is -0.131. The van der Waals surface area contributed by atoms with E-state index in [0.29, 0.717) is 24.2 Å². The molecule has 0 spiro atoms. The van der Waals surface area contributed by atoms with Gasteiger partial charge in [-0.25, -0.2) is 4.79 Å². The highest BCUT2D eigenvalue weighted by Gasteiger charge is 2.17. The molecular weight excluding hydrogens is 354 g/mol. The van der Waals surface area contributed by atoms with E-state index in [4.69, 9.17) is 10.5 Å². The van der Waals surface area contributed by atoms with Crippen LogP contribution in [0.1, 0.15) is 40.7 Å². The number of benzene rings is 2. The van der Waals surface area contributed by atoms with Gasteiger partial charge in [-0.15, -0.1) is 0 Å². The maximum atomic E-state index is 12.5. The molecule has 3 N–H and O–H groups in total. The number of anilines is 2. The molecule has 6 nitrogen and oxygen atoms in total. The molecule has 0 bridgehead atoms. The molecule has 28 heavy (non-hydrogen) atoms. The number of nitrogens with two attached hydrogens (primary N) is 1. The molecule has 0 aromatic heterocycles. The predicted octanol–water partition coefficient (Wildman–Crippen LogP) is 3.22. The number of amides is 1. The molecule has 1 heterocycles. The Morgan fingerprint density at radius 2 is 1.71 bits per heavy atom. The average molecular weight is 381 g/mol. The molecule has 2 aromatic rings. The van der Waals surface area contributed by atoms with E-state index in [-0.39, 0.29) is 11.9 Å². The lowest BCUT2D eigenvalue weighted by Crippen LogP contribution is -2.36. The highest BCUT2D eigenvalue weighted by atomic mass is 16.5. The van der Waals surface area contributed by atoms with Crippen LogP contribution in [0.2, 0.25) is 0 Å². The molecule has 0 atom stereocenters. The number of carbonyl (C=O) groups excluding carboxylic acids is 2. The number of methoxy groups -OCH3 is 1. The van der Waals surface area contributed by atoms with E-state index < -0.39 is 0 Å². The summed E-state index contributed by atoms with van der Waals surface area (Å²) < 4.78 is 4.71. The molecule has 1 aliphatic heterocycles. The Bertz CT molecular complexity index is 827. The number of esters is 1. The summed E-state index contributed by atoms with van der Waals surface area (Å²) in [6.45, 7) is 2.29. The molecular formula is C22H27N3O3. The first-order valence-electron chi connectivity index (χ1n) is 9.64. The van der Waals surface area contributed by atoms with Gasteiger partial charge >= 0.3 is 5.97 Å². The number of likely N-dealkylation sites (tertiary alicyclic amines) is 1. The van der Waals surface area contributed by atoms with Crippen molar-refractivity contribution in [1.82, 2.24) is 4.90 Å². The van der Waals surface area contributed by atoms with Crippen LogP contribution < -0.4 is 11.1 Å². The van der Waals surface area contributed by atoms with Gasteiger partial charge in [0, 0.05) is 19.6 Å². The summed E-state index contributed by atoms with van der Waals surface area (Å²) in [6, 6.07) is 12.9. The van der Waals surface area contributed by atoms with Gasteiger partial charge in [0.15, 0.2) is 0 Å². The number of piperidine rings is 1. The first-order chi connectivity index (χ1) is 13.6. The van der Waals surface area contributed by atoms with Crippen LogP contribution in [0.15, 0.2) is 42.5 Å². The van der Waals surface area contributed by atoms with Crippen molar-refractivity contribution in [2.75, 3.05) is 31.2 Å². The van der Waals surface area contributed by atoms with E-state index in [1.807, 2.05) is 35.2 Å². The molecule has 3 rings (SSSR count). The fourth-order valence-corrected chi connectivity index (χ4v) is 3.37. The summed E-state index contributed by atoms with van der Waals surface area (Å²) in [5.74, 6) is -0.177. The summed E-state index contributed by atoms with van der Waals surface area (Å²) in [7, 11) is 1.36. The zero-order valence-corrected chi connectivity index (χ0v) is 16.2. The van der Waals surface area contributed by atoms with E-state index >= 15 is 0 Å². The highest BCUT2D eigenvalue weighted by Crippen LogP contribution is 2.22. The standard InChI is InChI=1S/C22H27N3O3/c1-28-22(27)18-8-5-16(6-9-18)15-24-20-13-17(7-10-19(20)23)14-21(26)25-11-3-2-4-12-25/h5-10,13,24H,2-4,11-12,14-15,23H2,1H3. The fraction of sp³-hybridized carbons (Fsp3) is 0.364. The third-order valence-electron chi connectivity index (χ3n) is 5.04. The average Bonchev–Trinajstić information content (AvgIpc) is 2.74. The number of nitrogens with zero attached hydrogens (tertiary/aromatic N) is 1. The molecule has 148 valence electrons. The van der Waals surface area contributed by atoms with Crippen molar-refractivity contribution in [1.29, 1.82) is 0 Å². The Morgan fingerprint density at radius 3 is 2.39 bits per heavy atom. The molecule has 1 aliphatic rings. The third-order valence-corrected chi connectivity index (χ3v) is 5.04. The van der Waals surface area contributed by atoms with Crippen molar-refractivity contribution < 1.29 is 14.3 Å². The SMILES string of the molecule is COC(=O)c1ccc(CNc2cc(CC(=O)N3CCCCC3)ccc2N)cc1. The van der Waals surface area contributed by atoms with Crippen LogP contribution in [-0.2, 0) is 22.5 Å². The van der Waals surface area contributed by atoms with Crippen LogP contribution >= 0.6 is 0 Å². The summed E-state index contributed by atoms with van der Waals surface area (Å²) in [5, 5.41) is 3.32. The number of hydrogen-bond acceptors (Lipinski definition) is 5. The molecule has 0 saturated carbocycles.